The zero-order valence-corrected chi connectivity index (χ0v) is 38.9. The fourth-order valence-corrected chi connectivity index (χ4v) is 5.40. The van der Waals surface area contributed by atoms with E-state index < -0.39 is 0 Å². The van der Waals surface area contributed by atoms with Crippen LogP contribution in [0.2, 0.25) is 0 Å². The third-order valence-electron chi connectivity index (χ3n) is 8.21. The zero-order valence-electron chi connectivity index (χ0n) is 32.7. The third-order valence-corrected chi connectivity index (χ3v) is 8.21. The van der Waals surface area contributed by atoms with Crippen molar-refractivity contribution in [1.82, 2.24) is 29.9 Å². The molecule has 0 aliphatic heterocycles. The van der Waals surface area contributed by atoms with Crippen LogP contribution in [-0.2, 0) is 40.2 Å². The second kappa shape index (κ2) is 26.3. The molecule has 1 unspecified atom stereocenters. The summed E-state index contributed by atoms with van der Waals surface area (Å²) < 4.78 is 0. The van der Waals surface area contributed by atoms with Gasteiger partial charge in [-0.15, -0.1) is 71.8 Å². The van der Waals surface area contributed by atoms with Gasteiger partial charge in [-0.3, -0.25) is 19.9 Å². The van der Waals surface area contributed by atoms with Crippen LogP contribution in [0.1, 0.15) is 1.43 Å². The molecule has 1 atom stereocenters. The molecule has 59 heavy (non-hydrogen) atoms. The van der Waals surface area contributed by atoms with E-state index in [4.69, 9.17) is 0 Å². The molecule has 0 amide bonds. The van der Waals surface area contributed by atoms with Crippen molar-refractivity contribution in [1.29, 1.82) is 0 Å². The topological polar surface area (TPSA) is 77.3 Å². The number of nitrogens with zero attached hydrogens (tertiary/aromatic N) is 6. The number of hydrogen-bond acceptors (Lipinski definition) is 6. The van der Waals surface area contributed by atoms with E-state index in [1.165, 1.54) is 0 Å². The molecule has 9 aromatic rings. The molecule has 6 nitrogen and oxygen atoms in total. The van der Waals surface area contributed by atoms with Crippen molar-refractivity contribution in [2.24, 2.45) is 0 Å². The van der Waals surface area contributed by atoms with Crippen LogP contribution in [0.15, 0.2) is 207 Å². The van der Waals surface area contributed by atoms with Gasteiger partial charge < -0.3 is 14.9 Å². The largest absolute Gasteiger partial charge is 3.00 e. The van der Waals surface area contributed by atoms with Gasteiger partial charge in [0.15, 0.2) is 5.82 Å². The Morgan fingerprint density at radius 3 is 0.831 bits per heavy atom. The number of aromatic nitrogens is 6. The van der Waals surface area contributed by atoms with Crippen molar-refractivity contribution < 1.29 is 41.6 Å². The zero-order chi connectivity index (χ0) is 36.6. The molecule has 3 heterocycles. The minimum Gasteiger partial charge on any atom is -0.358 e. The van der Waals surface area contributed by atoms with Crippen molar-refractivity contribution in [3.63, 3.8) is 0 Å². The first-order chi connectivity index (χ1) is 26.8. The fourth-order valence-electron chi connectivity index (χ4n) is 5.40. The van der Waals surface area contributed by atoms with Gasteiger partial charge in [0.25, 0.3) is 0 Å². The summed E-state index contributed by atoms with van der Waals surface area (Å²) >= 11 is 0. The van der Waals surface area contributed by atoms with Crippen LogP contribution < -0.4 is 0 Å². The van der Waals surface area contributed by atoms with E-state index in [9.17, 15) is 0 Å². The summed E-state index contributed by atoms with van der Waals surface area (Å²) in [5, 5.41) is 0. The van der Waals surface area contributed by atoms with E-state index in [0.717, 1.165) is 55.9 Å². The van der Waals surface area contributed by atoms with Gasteiger partial charge in [-0.2, -0.15) is 9.90 Å². The molecule has 9 rings (SSSR count). The predicted octanol–water partition coefficient (Wildman–Crippen LogP) is 12.2. The Balaban J connectivity index is 0.000000429. The molecule has 0 bridgehead atoms. The molecule has 0 aliphatic carbocycles. The summed E-state index contributed by atoms with van der Waals surface area (Å²) in [7, 11) is 0. The van der Waals surface area contributed by atoms with E-state index in [-0.39, 0.29) is 66.4 Å². The molecule has 3 aromatic heterocycles. The van der Waals surface area contributed by atoms with Gasteiger partial charge in [-0.05, 0) is 16.7 Å². The summed E-state index contributed by atoms with van der Waals surface area (Å²) in [6.45, 7) is 0. The summed E-state index contributed by atoms with van der Waals surface area (Å²) in [4.78, 5) is 26.4. The maximum atomic E-state index is 4.41. The Bertz CT molecular complexity index is 1980. The molecule has 0 N–H and O–H groups in total. The first-order valence-corrected chi connectivity index (χ1v) is 17.4. The summed E-state index contributed by atoms with van der Waals surface area (Å²) in [6.07, 6.45) is 11.1. The molecule has 0 aliphatic rings. The van der Waals surface area contributed by atoms with Crippen molar-refractivity contribution in [2.75, 3.05) is 0 Å². The summed E-state index contributed by atoms with van der Waals surface area (Å²) in [5.41, 5.74) is 9.34. The van der Waals surface area contributed by atoms with Crippen LogP contribution in [0, 0.1) is 27.0 Å². The number of hydrogen-bond donors (Lipinski definition) is 0. The molecule has 0 saturated carbocycles. The molecule has 9 heteroatoms. The molecular weight excluding hydrogens is 1100 g/mol. The molecule has 0 saturated heterocycles. The van der Waals surface area contributed by atoms with Gasteiger partial charge in [0.05, 0.1) is 11.6 Å². The Morgan fingerprint density at radius 1 is 0.305 bits per heavy atom. The summed E-state index contributed by atoms with van der Waals surface area (Å²) in [6, 6.07) is 62.0. The van der Waals surface area contributed by atoms with Crippen LogP contribution >= 0.6 is 9.90 Å². The fraction of sp³-hybridized carbons (Fsp3) is 0. The Morgan fingerprint density at radius 2 is 0.559 bits per heavy atom. The Kier molecular flexibility index (Phi) is 22.1. The molecule has 0 fully saturated rings. The van der Waals surface area contributed by atoms with Crippen LogP contribution in [0.4, 0.5) is 0 Å². The normalized spacial score (nSPS) is 9.36. The van der Waals surface area contributed by atoms with Gasteiger partial charge in [0.1, 0.15) is 0 Å². The van der Waals surface area contributed by atoms with Crippen molar-refractivity contribution >= 4 is 9.90 Å². The number of benzene rings is 6. The molecule has 1 radical (unpaired) electrons. The molecule has 0 spiro atoms. The molecular formula is C50H45Ir2N6P-. The SMILES string of the molecule is P.[2HH].[CH3-].[CH3-].[Ir+3].[Ir].[c-]1ccccc1-c1ncc(-c2ccccc2)cn1.[c-]1ccccc1-c1ncc(-c2ccccc2)cn1.c1ccc(-c2cnc(-c3ccccc3)nc2)cc1. The second-order valence-electron chi connectivity index (χ2n) is 11.9. The Hall–Kier alpha value is -5.71. The van der Waals surface area contributed by atoms with E-state index in [2.05, 4.69) is 54.2 Å². The van der Waals surface area contributed by atoms with Gasteiger partial charge in [0, 0.05) is 81.0 Å². The van der Waals surface area contributed by atoms with Gasteiger partial charge >= 0.3 is 20.1 Å². The Labute approximate surface area is 380 Å². The summed E-state index contributed by atoms with van der Waals surface area (Å²) in [5.74, 6) is 2.17. The van der Waals surface area contributed by atoms with Gasteiger partial charge in [-0.1, -0.05) is 121 Å². The quantitative estimate of drug-likeness (QED) is 0.122. The maximum Gasteiger partial charge on any atom is 3.00 e. The van der Waals surface area contributed by atoms with Crippen molar-refractivity contribution in [3.05, 3.63) is 234 Å². The minimum atomic E-state index is 0. The minimum absolute atomic E-state index is 0. The maximum absolute atomic E-state index is 4.41. The monoisotopic (exact) mass is 1150 g/mol. The standard InChI is InChI=1S/C16H12N2.2C16H11N2.2CH3.2Ir.H3P.H2/c3*1-3-7-13(8-4-1)15-11-17-16(18-12-15)14-9-5-2-6-10-14;;;;;;/h1-12H;2*1-9,11-12H;2*1H3;;;1H3;1H/q;4*-1;;+3;;/i;;;;;;;;1+1. The number of rotatable bonds is 6. The average Bonchev–Trinajstić information content (AvgIpc) is 3.29. The van der Waals surface area contributed by atoms with Crippen LogP contribution in [0.5, 0.6) is 0 Å². The average molecular weight is 1150 g/mol. The third kappa shape index (κ3) is 14.3. The van der Waals surface area contributed by atoms with Gasteiger partial charge in [-0.25, -0.2) is 9.97 Å². The van der Waals surface area contributed by atoms with Crippen LogP contribution in [0.25, 0.3) is 67.5 Å². The van der Waals surface area contributed by atoms with Gasteiger partial charge in [0.2, 0.25) is 0 Å². The van der Waals surface area contributed by atoms with Crippen LogP contribution in [-0.4, -0.2) is 29.9 Å². The van der Waals surface area contributed by atoms with Crippen molar-refractivity contribution in [2.45, 2.75) is 0 Å². The first kappa shape index (κ1) is 49.4. The predicted molar refractivity (Wildman–Crippen MR) is 242 cm³/mol. The smallest absolute Gasteiger partial charge is 0.358 e. The molecule has 299 valence electrons. The van der Waals surface area contributed by atoms with E-state index >= 15 is 0 Å². The van der Waals surface area contributed by atoms with Crippen LogP contribution in [0.3, 0.4) is 0 Å². The molecule has 6 aromatic carbocycles. The van der Waals surface area contributed by atoms with Crippen molar-refractivity contribution in [3.8, 4) is 67.5 Å². The van der Waals surface area contributed by atoms with E-state index in [1.54, 1.807) is 0 Å². The van der Waals surface area contributed by atoms with E-state index in [1.807, 2.05) is 195 Å². The first-order valence-electron chi connectivity index (χ1n) is 17.4. The second-order valence-corrected chi connectivity index (χ2v) is 11.9. The van der Waals surface area contributed by atoms with E-state index in [0.29, 0.717) is 11.6 Å².